The summed E-state index contributed by atoms with van der Waals surface area (Å²) in [6.45, 7) is 3.89. The van der Waals surface area contributed by atoms with Gasteiger partial charge >= 0.3 is 8.74 Å². The smallest absolute Gasteiger partial charge is 0.270 e. The first kappa shape index (κ1) is 12.1. The molecule has 0 N–H and O–H groups in total. The van der Waals surface area contributed by atoms with E-state index in [1.54, 1.807) is 12.1 Å². The van der Waals surface area contributed by atoms with Gasteiger partial charge in [-0.15, -0.1) is 0 Å². The van der Waals surface area contributed by atoms with Crippen LogP contribution < -0.4 is 0 Å². The average Bonchev–Trinajstić information content (AvgIpc) is 2.03. The van der Waals surface area contributed by atoms with Gasteiger partial charge in [0.05, 0.1) is 12.1 Å². The lowest BCUT2D eigenvalue weighted by Crippen LogP contribution is -2.30. The van der Waals surface area contributed by atoms with E-state index in [-0.39, 0.29) is 0 Å². The van der Waals surface area contributed by atoms with Crippen molar-refractivity contribution in [3.8, 4) is 12.1 Å². The highest BCUT2D eigenvalue weighted by Crippen LogP contribution is 2.35. The average molecular weight is 202 g/mol. The molecule has 0 aliphatic carbocycles. The van der Waals surface area contributed by atoms with E-state index in [9.17, 15) is 8.22 Å². The second-order valence-electron chi connectivity index (χ2n) is 3.34. The fourth-order valence-electron chi connectivity index (χ4n) is 1.01. The predicted octanol–water partition coefficient (Wildman–Crippen LogP) is 2.69. The Labute approximate surface area is 78.1 Å². The molecule has 0 aliphatic rings. The molecule has 13 heavy (non-hydrogen) atoms. The van der Waals surface area contributed by atoms with Gasteiger partial charge in [-0.2, -0.15) is 10.5 Å². The first-order valence-electron chi connectivity index (χ1n) is 4.01. The number of hydrogen-bond donors (Lipinski definition) is 0. The maximum atomic E-state index is 12.9. The fraction of sp³-hybridized carbons (Fsp3) is 0.750. The minimum absolute atomic E-state index is 0.554. The molecule has 0 heterocycles. The van der Waals surface area contributed by atoms with Gasteiger partial charge < -0.3 is 0 Å². The van der Waals surface area contributed by atoms with Crippen LogP contribution in [0.1, 0.15) is 13.8 Å². The van der Waals surface area contributed by atoms with Crippen LogP contribution in [0.5, 0.6) is 0 Å². The van der Waals surface area contributed by atoms with Crippen molar-refractivity contribution in [1.82, 2.24) is 0 Å². The molecule has 0 aromatic carbocycles. The van der Waals surface area contributed by atoms with Crippen LogP contribution in [0.3, 0.4) is 0 Å². The van der Waals surface area contributed by atoms with E-state index in [1.807, 2.05) is 0 Å². The Morgan fingerprint density at radius 1 is 1.15 bits per heavy atom. The van der Waals surface area contributed by atoms with Crippen LogP contribution >= 0.6 is 0 Å². The molecular formula is C8H12F2N2Si. The maximum absolute atomic E-state index is 12.9. The van der Waals surface area contributed by atoms with E-state index in [2.05, 4.69) is 0 Å². The molecule has 2 nitrogen and oxygen atoms in total. The Balaban J connectivity index is 4.54. The van der Waals surface area contributed by atoms with Gasteiger partial charge in [-0.05, 0) is 12.5 Å². The number of nitriles is 2. The largest absolute Gasteiger partial charge is 0.425 e. The summed E-state index contributed by atoms with van der Waals surface area (Å²) in [5.74, 6) is -1.48. The zero-order chi connectivity index (χ0) is 10.6. The minimum Gasteiger partial charge on any atom is -0.270 e. The van der Waals surface area contributed by atoms with Gasteiger partial charge in [0.25, 0.3) is 0 Å². The van der Waals surface area contributed by atoms with Gasteiger partial charge in [0, 0.05) is 5.54 Å². The van der Waals surface area contributed by atoms with Crippen LogP contribution in [0.2, 0.25) is 12.1 Å². The molecule has 0 aromatic rings. The highest BCUT2D eigenvalue weighted by Gasteiger charge is 2.41. The number of rotatable bonds is 3. The van der Waals surface area contributed by atoms with Crippen molar-refractivity contribution < 1.29 is 8.22 Å². The zero-order valence-electron chi connectivity index (χ0n) is 7.88. The van der Waals surface area contributed by atoms with E-state index in [0.29, 0.717) is 0 Å². The molecule has 0 rings (SSSR count). The van der Waals surface area contributed by atoms with Gasteiger partial charge in [-0.1, -0.05) is 13.8 Å². The predicted molar refractivity (Wildman–Crippen MR) is 47.1 cm³/mol. The molecule has 0 fully saturated rings. The molecular weight excluding hydrogens is 190 g/mol. The summed E-state index contributed by atoms with van der Waals surface area (Å²) in [6, 6.07) is 3.46. The summed E-state index contributed by atoms with van der Waals surface area (Å²) < 4.78 is 25.8. The van der Waals surface area contributed by atoms with Crippen molar-refractivity contribution in [3.05, 3.63) is 0 Å². The van der Waals surface area contributed by atoms with Crippen molar-refractivity contribution in [3.63, 3.8) is 0 Å². The molecule has 2 atom stereocenters. The van der Waals surface area contributed by atoms with Crippen LogP contribution in [-0.4, -0.2) is 8.74 Å². The molecule has 0 aliphatic heterocycles. The van der Waals surface area contributed by atoms with Crippen molar-refractivity contribution in [2.24, 2.45) is 11.8 Å². The highest BCUT2D eigenvalue weighted by molar-refractivity contribution is 6.66. The minimum atomic E-state index is -4.22. The van der Waals surface area contributed by atoms with Crippen LogP contribution in [0.4, 0.5) is 8.22 Å². The number of halogens is 2. The fourth-order valence-corrected chi connectivity index (χ4v) is 2.13. The first-order chi connectivity index (χ1) is 5.84. The molecule has 0 radical (unpaired) electrons. The molecule has 0 saturated heterocycles. The quantitative estimate of drug-likeness (QED) is 0.521. The lowest BCUT2D eigenvalue weighted by molar-refractivity contribution is 0.432. The van der Waals surface area contributed by atoms with Crippen LogP contribution in [0, 0.1) is 34.5 Å². The van der Waals surface area contributed by atoms with Gasteiger partial charge in [-0.3, -0.25) is 8.22 Å². The summed E-state index contributed by atoms with van der Waals surface area (Å²) in [5.41, 5.74) is -0.822. The van der Waals surface area contributed by atoms with E-state index in [4.69, 9.17) is 10.5 Å². The Morgan fingerprint density at radius 2 is 1.54 bits per heavy atom. The van der Waals surface area contributed by atoms with E-state index < -0.39 is 26.1 Å². The van der Waals surface area contributed by atoms with Gasteiger partial charge in [0.1, 0.15) is 5.92 Å². The summed E-state index contributed by atoms with van der Waals surface area (Å²) in [6.07, 6.45) is 0. The third kappa shape index (κ3) is 3.12. The van der Waals surface area contributed by atoms with Gasteiger partial charge in [-0.25, -0.2) is 0 Å². The van der Waals surface area contributed by atoms with Gasteiger partial charge in [0.15, 0.2) is 0 Å². The van der Waals surface area contributed by atoms with Crippen molar-refractivity contribution >= 4 is 8.74 Å². The first-order valence-corrected chi connectivity index (χ1v) is 6.35. The second kappa shape index (κ2) is 4.34. The Kier molecular flexibility index (Phi) is 4.02. The Morgan fingerprint density at radius 3 is 1.77 bits per heavy atom. The molecule has 2 unspecified atom stereocenters. The molecule has 0 amide bonds. The summed E-state index contributed by atoms with van der Waals surface area (Å²) in [7, 11) is -4.22. The van der Waals surface area contributed by atoms with Crippen molar-refractivity contribution in [2.75, 3.05) is 0 Å². The van der Waals surface area contributed by atoms with Crippen molar-refractivity contribution in [1.29, 1.82) is 10.5 Å². The van der Waals surface area contributed by atoms with E-state index in [0.717, 1.165) is 6.55 Å². The van der Waals surface area contributed by atoms with Crippen molar-refractivity contribution in [2.45, 2.75) is 25.9 Å². The van der Waals surface area contributed by atoms with E-state index in [1.165, 1.54) is 13.8 Å². The normalized spacial score (nSPS) is 16.0. The lowest BCUT2D eigenvalue weighted by Gasteiger charge is -2.23. The molecule has 72 valence electrons. The van der Waals surface area contributed by atoms with Crippen LogP contribution in [-0.2, 0) is 0 Å². The number of nitrogens with zero attached hydrogens (tertiary/aromatic N) is 2. The Hall–Kier alpha value is -0.943. The molecule has 0 saturated carbocycles. The third-order valence-corrected chi connectivity index (χ3v) is 4.52. The molecule has 0 spiro atoms. The second-order valence-corrected chi connectivity index (χ2v) is 6.16. The van der Waals surface area contributed by atoms with E-state index >= 15 is 0 Å². The SMILES string of the molecule is CC(C(C#N)C#N)C(C)[Si](C)(F)F. The number of hydrogen-bond acceptors (Lipinski definition) is 2. The van der Waals surface area contributed by atoms with Crippen LogP contribution in [0.25, 0.3) is 0 Å². The summed E-state index contributed by atoms with van der Waals surface area (Å²) >= 11 is 0. The third-order valence-electron chi connectivity index (χ3n) is 2.39. The summed E-state index contributed by atoms with van der Waals surface area (Å²) in [4.78, 5) is 0. The molecule has 0 aromatic heterocycles. The topological polar surface area (TPSA) is 47.6 Å². The Bertz CT molecular complexity index is 234. The molecule has 0 bridgehead atoms. The zero-order valence-corrected chi connectivity index (χ0v) is 8.88. The standard InChI is InChI=1S/C8H12F2N2Si/c1-6(8(4-11)5-12)7(2)13(3,9)10/h6-8H,1-3H3. The highest BCUT2D eigenvalue weighted by atomic mass is 28.4. The monoisotopic (exact) mass is 202 g/mol. The van der Waals surface area contributed by atoms with Crippen LogP contribution in [0.15, 0.2) is 0 Å². The molecule has 5 heteroatoms. The maximum Gasteiger partial charge on any atom is 0.425 e. The van der Waals surface area contributed by atoms with Gasteiger partial charge in [0.2, 0.25) is 0 Å². The summed E-state index contributed by atoms with van der Waals surface area (Å²) in [5, 5.41) is 17.0. The lowest BCUT2D eigenvalue weighted by atomic mass is 9.94.